The smallest absolute Gasteiger partial charge is 0.339 e. The maximum absolute atomic E-state index is 11.2. The van der Waals surface area contributed by atoms with Gasteiger partial charge < -0.3 is 10.5 Å². The van der Waals surface area contributed by atoms with Gasteiger partial charge in [0.05, 0.1) is 12.7 Å². The molecule has 0 bridgehead atoms. The van der Waals surface area contributed by atoms with Crippen LogP contribution >= 0.6 is 38.5 Å². The summed E-state index contributed by atoms with van der Waals surface area (Å²) >= 11 is 5.36. The predicted molar refractivity (Wildman–Crippen MR) is 62.6 cm³/mol. The topological polar surface area (TPSA) is 52.3 Å². The lowest BCUT2D eigenvalue weighted by atomic mass is 10.2. The van der Waals surface area contributed by atoms with Crippen LogP contribution in [-0.2, 0) is 4.74 Å². The molecule has 0 spiro atoms. The Morgan fingerprint density at radius 3 is 2.77 bits per heavy atom. The first kappa shape index (κ1) is 10.8. The van der Waals surface area contributed by atoms with Gasteiger partial charge in [0, 0.05) is 13.7 Å². The van der Waals surface area contributed by atoms with E-state index >= 15 is 0 Å². The molecule has 0 saturated heterocycles. The molecule has 0 aliphatic carbocycles. The van der Waals surface area contributed by atoms with Gasteiger partial charge in [-0.3, -0.25) is 0 Å². The van der Waals surface area contributed by atoms with Crippen molar-refractivity contribution >= 4 is 50.2 Å². The van der Waals surface area contributed by atoms with E-state index in [1.165, 1.54) is 7.11 Å². The summed E-state index contributed by atoms with van der Waals surface area (Å²) in [7, 11) is 1.34. The lowest BCUT2D eigenvalue weighted by molar-refractivity contribution is 0.0599. The predicted octanol–water partition coefficient (Wildman–Crippen LogP) is 2.42. The molecule has 0 amide bonds. The highest BCUT2D eigenvalue weighted by Gasteiger charge is 2.13. The fourth-order valence-corrected chi connectivity index (χ4v) is 1.88. The Morgan fingerprint density at radius 2 is 2.23 bits per heavy atom. The highest BCUT2D eigenvalue weighted by atomic mass is 127. The first-order valence-corrected chi connectivity index (χ1v) is 5.26. The van der Waals surface area contributed by atoms with Crippen molar-refractivity contribution in [1.29, 1.82) is 0 Å². The Hall–Kier alpha value is -0.300. The summed E-state index contributed by atoms with van der Waals surface area (Å²) in [6.07, 6.45) is 0. The van der Waals surface area contributed by atoms with Crippen LogP contribution in [0.2, 0.25) is 0 Å². The SMILES string of the molecule is COC(=O)c1cc(N)cc(Br)c1I. The Balaban J connectivity index is 3.28. The van der Waals surface area contributed by atoms with Crippen LogP contribution in [-0.4, -0.2) is 13.1 Å². The molecule has 1 aromatic carbocycles. The molecule has 0 fully saturated rings. The zero-order valence-electron chi connectivity index (χ0n) is 6.80. The molecule has 0 atom stereocenters. The summed E-state index contributed by atoms with van der Waals surface area (Å²) < 4.78 is 6.21. The summed E-state index contributed by atoms with van der Waals surface area (Å²) in [6.45, 7) is 0. The van der Waals surface area contributed by atoms with E-state index in [2.05, 4.69) is 43.3 Å². The van der Waals surface area contributed by atoms with Crippen LogP contribution < -0.4 is 5.73 Å². The van der Waals surface area contributed by atoms with Crippen LogP contribution in [0.25, 0.3) is 0 Å². The number of halogens is 2. The van der Waals surface area contributed by atoms with Crippen LogP contribution in [0, 0.1) is 3.57 Å². The van der Waals surface area contributed by atoms with E-state index in [-0.39, 0.29) is 5.97 Å². The fourth-order valence-electron chi connectivity index (χ4n) is 0.869. The number of esters is 1. The zero-order chi connectivity index (χ0) is 10.0. The number of hydrogen-bond donors (Lipinski definition) is 1. The number of anilines is 1. The fraction of sp³-hybridized carbons (Fsp3) is 0.125. The average Bonchev–Trinajstić information content (AvgIpc) is 2.10. The van der Waals surface area contributed by atoms with Gasteiger partial charge in [0.15, 0.2) is 0 Å². The number of benzene rings is 1. The van der Waals surface area contributed by atoms with E-state index in [4.69, 9.17) is 5.73 Å². The second-order valence-corrected chi connectivity index (χ2v) is 4.29. The van der Waals surface area contributed by atoms with Crippen LogP contribution in [0.15, 0.2) is 16.6 Å². The molecular weight excluding hydrogens is 349 g/mol. The molecule has 0 radical (unpaired) electrons. The summed E-state index contributed by atoms with van der Waals surface area (Å²) in [5.41, 5.74) is 6.60. The Morgan fingerprint density at radius 1 is 1.62 bits per heavy atom. The number of nitrogens with two attached hydrogens (primary N) is 1. The minimum Gasteiger partial charge on any atom is -0.465 e. The number of ether oxygens (including phenoxy) is 1. The van der Waals surface area contributed by atoms with Crippen molar-refractivity contribution in [2.24, 2.45) is 0 Å². The molecule has 0 saturated carbocycles. The van der Waals surface area contributed by atoms with Gasteiger partial charge in [0.1, 0.15) is 0 Å². The van der Waals surface area contributed by atoms with Gasteiger partial charge in [-0.15, -0.1) is 0 Å². The lowest BCUT2D eigenvalue weighted by Gasteiger charge is -2.05. The Kier molecular flexibility index (Phi) is 3.55. The maximum atomic E-state index is 11.2. The number of nitrogen functional groups attached to an aromatic ring is 1. The first-order chi connectivity index (χ1) is 6.06. The van der Waals surface area contributed by atoms with Crippen molar-refractivity contribution in [3.05, 3.63) is 25.7 Å². The third-order valence-corrected chi connectivity index (χ3v) is 3.98. The number of methoxy groups -OCH3 is 1. The molecule has 5 heteroatoms. The van der Waals surface area contributed by atoms with Crippen molar-refractivity contribution in [3.63, 3.8) is 0 Å². The number of hydrogen-bond acceptors (Lipinski definition) is 3. The number of carbonyl (C=O) groups is 1. The highest BCUT2D eigenvalue weighted by Crippen LogP contribution is 2.26. The quantitative estimate of drug-likeness (QED) is 0.478. The molecule has 1 rings (SSSR count). The van der Waals surface area contributed by atoms with E-state index in [9.17, 15) is 4.79 Å². The highest BCUT2D eigenvalue weighted by molar-refractivity contribution is 14.1. The summed E-state index contributed by atoms with van der Waals surface area (Å²) in [6, 6.07) is 3.34. The summed E-state index contributed by atoms with van der Waals surface area (Å²) in [4.78, 5) is 11.2. The molecule has 0 heterocycles. The van der Waals surface area contributed by atoms with Gasteiger partial charge in [-0.2, -0.15) is 0 Å². The van der Waals surface area contributed by atoms with E-state index in [1.807, 2.05) is 0 Å². The second-order valence-electron chi connectivity index (χ2n) is 2.36. The molecule has 2 N–H and O–H groups in total. The normalized spacial score (nSPS) is 9.77. The van der Waals surface area contributed by atoms with Gasteiger partial charge in [-0.1, -0.05) is 0 Å². The Bertz CT molecular complexity index is 354. The van der Waals surface area contributed by atoms with Crippen LogP contribution in [0.5, 0.6) is 0 Å². The lowest BCUT2D eigenvalue weighted by Crippen LogP contribution is -2.05. The van der Waals surface area contributed by atoms with Gasteiger partial charge in [0.2, 0.25) is 0 Å². The van der Waals surface area contributed by atoms with Crippen molar-refractivity contribution < 1.29 is 9.53 Å². The summed E-state index contributed by atoms with van der Waals surface area (Å²) in [5, 5.41) is 0. The maximum Gasteiger partial charge on any atom is 0.339 e. The third kappa shape index (κ3) is 2.34. The molecular formula is C8H7BrINO2. The van der Waals surface area contributed by atoms with Gasteiger partial charge in [0.25, 0.3) is 0 Å². The standard InChI is InChI=1S/C8H7BrINO2/c1-13-8(12)5-2-4(11)3-6(9)7(5)10/h2-3H,11H2,1H3. The van der Waals surface area contributed by atoms with Gasteiger partial charge in [-0.05, 0) is 50.7 Å². The monoisotopic (exact) mass is 355 g/mol. The zero-order valence-corrected chi connectivity index (χ0v) is 10.5. The molecule has 0 unspecified atom stereocenters. The van der Waals surface area contributed by atoms with E-state index in [0.717, 1.165) is 8.04 Å². The van der Waals surface area contributed by atoms with Crippen LogP contribution in [0.3, 0.4) is 0 Å². The average molecular weight is 356 g/mol. The largest absolute Gasteiger partial charge is 0.465 e. The van der Waals surface area contributed by atoms with Crippen molar-refractivity contribution in [3.8, 4) is 0 Å². The minimum absolute atomic E-state index is 0.377. The molecule has 70 valence electrons. The molecule has 1 aromatic rings. The van der Waals surface area contributed by atoms with Crippen LogP contribution in [0.1, 0.15) is 10.4 Å². The van der Waals surface area contributed by atoms with Crippen molar-refractivity contribution in [2.45, 2.75) is 0 Å². The summed E-state index contributed by atoms with van der Waals surface area (Å²) in [5.74, 6) is -0.377. The van der Waals surface area contributed by atoms with E-state index < -0.39 is 0 Å². The minimum atomic E-state index is -0.377. The number of carbonyl (C=O) groups excluding carboxylic acids is 1. The second kappa shape index (κ2) is 4.28. The Labute approximate surface area is 97.9 Å². The third-order valence-electron chi connectivity index (χ3n) is 1.46. The molecule has 0 aromatic heterocycles. The molecule has 3 nitrogen and oxygen atoms in total. The van der Waals surface area contributed by atoms with E-state index in [1.54, 1.807) is 12.1 Å². The first-order valence-electron chi connectivity index (χ1n) is 3.39. The molecule has 0 aliphatic heterocycles. The van der Waals surface area contributed by atoms with E-state index in [0.29, 0.717) is 11.3 Å². The number of rotatable bonds is 1. The van der Waals surface area contributed by atoms with Crippen molar-refractivity contribution in [1.82, 2.24) is 0 Å². The molecule has 13 heavy (non-hydrogen) atoms. The molecule has 0 aliphatic rings. The van der Waals surface area contributed by atoms with Gasteiger partial charge in [-0.25, -0.2) is 4.79 Å². The van der Waals surface area contributed by atoms with Crippen LogP contribution in [0.4, 0.5) is 5.69 Å². The van der Waals surface area contributed by atoms with Crippen molar-refractivity contribution in [2.75, 3.05) is 12.8 Å². The van der Waals surface area contributed by atoms with Gasteiger partial charge >= 0.3 is 5.97 Å².